The zero-order valence-corrected chi connectivity index (χ0v) is 13.4. The van der Waals surface area contributed by atoms with E-state index in [2.05, 4.69) is 67.7 Å². The molecule has 2 N–H and O–H groups in total. The van der Waals surface area contributed by atoms with Gasteiger partial charge in [0.1, 0.15) is 5.82 Å². The molecular formula is C15H19BrN4. The molecule has 0 radical (unpaired) electrons. The molecule has 0 bridgehead atoms. The normalized spacial score (nSPS) is 10.3. The third kappa shape index (κ3) is 3.70. The van der Waals surface area contributed by atoms with Crippen LogP contribution < -0.4 is 10.6 Å². The van der Waals surface area contributed by atoms with Gasteiger partial charge in [-0.25, -0.2) is 4.98 Å². The van der Waals surface area contributed by atoms with Crippen LogP contribution in [0.5, 0.6) is 0 Å². The second-order valence-corrected chi connectivity index (χ2v) is 5.25. The first-order chi connectivity index (χ1) is 9.74. The second kappa shape index (κ2) is 7.24. The van der Waals surface area contributed by atoms with Crippen molar-refractivity contribution in [3.63, 3.8) is 0 Å². The maximum Gasteiger partial charge on any atom is 0.224 e. The van der Waals surface area contributed by atoms with E-state index in [1.807, 2.05) is 6.92 Å². The summed E-state index contributed by atoms with van der Waals surface area (Å²) >= 11 is 3.48. The van der Waals surface area contributed by atoms with Gasteiger partial charge < -0.3 is 10.6 Å². The van der Waals surface area contributed by atoms with Crippen LogP contribution in [0.3, 0.4) is 0 Å². The Bertz CT molecular complexity index is 572. The molecule has 0 fully saturated rings. The van der Waals surface area contributed by atoms with Gasteiger partial charge in [-0.15, -0.1) is 0 Å². The first-order valence-corrected chi connectivity index (χ1v) is 7.61. The zero-order valence-electron chi connectivity index (χ0n) is 11.8. The summed E-state index contributed by atoms with van der Waals surface area (Å²) in [4.78, 5) is 8.66. The predicted molar refractivity (Wildman–Crippen MR) is 87.0 cm³/mol. The largest absolute Gasteiger partial charge is 0.365 e. The van der Waals surface area contributed by atoms with Crippen LogP contribution in [-0.4, -0.2) is 16.5 Å². The van der Waals surface area contributed by atoms with Gasteiger partial charge in [0, 0.05) is 19.3 Å². The SMILES string of the molecule is CCNc1ncc(Br)c(NCc2ccccc2CC)n1. The molecule has 0 aliphatic carbocycles. The van der Waals surface area contributed by atoms with E-state index in [4.69, 9.17) is 0 Å². The molecule has 4 nitrogen and oxygen atoms in total. The van der Waals surface area contributed by atoms with Crippen LogP contribution in [0.1, 0.15) is 25.0 Å². The number of hydrogen-bond acceptors (Lipinski definition) is 4. The van der Waals surface area contributed by atoms with Crippen LogP contribution in [0.25, 0.3) is 0 Å². The number of aromatic nitrogens is 2. The van der Waals surface area contributed by atoms with Crippen molar-refractivity contribution in [2.24, 2.45) is 0 Å². The van der Waals surface area contributed by atoms with Gasteiger partial charge in [0.2, 0.25) is 5.95 Å². The maximum atomic E-state index is 4.45. The summed E-state index contributed by atoms with van der Waals surface area (Å²) in [5.41, 5.74) is 2.66. The molecule has 1 aromatic heterocycles. The zero-order chi connectivity index (χ0) is 14.4. The minimum atomic E-state index is 0.641. The van der Waals surface area contributed by atoms with Crippen molar-refractivity contribution in [3.05, 3.63) is 46.1 Å². The molecule has 0 aliphatic heterocycles. The molecule has 106 valence electrons. The number of benzene rings is 1. The van der Waals surface area contributed by atoms with Crippen molar-refractivity contribution >= 4 is 27.7 Å². The van der Waals surface area contributed by atoms with E-state index in [1.165, 1.54) is 11.1 Å². The Hall–Kier alpha value is -1.62. The first-order valence-electron chi connectivity index (χ1n) is 6.81. The maximum absolute atomic E-state index is 4.45. The highest BCUT2D eigenvalue weighted by atomic mass is 79.9. The molecule has 2 rings (SSSR count). The summed E-state index contributed by atoms with van der Waals surface area (Å²) < 4.78 is 0.869. The summed E-state index contributed by atoms with van der Waals surface area (Å²) in [5.74, 6) is 1.45. The molecule has 0 unspecified atom stereocenters. The second-order valence-electron chi connectivity index (χ2n) is 4.40. The van der Waals surface area contributed by atoms with Gasteiger partial charge in [0.15, 0.2) is 0 Å². The number of aryl methyl sites for hydroxylation is 1. The van der Waals surface area contributed by atoms with E-state index < -0.39 is 0 Å². The summed E-state index contributed by atoms with van der Waals surface area (Å²) in [6, 6.07) is 8.45. The molecule has 20 heavy (non-hydrogen) atoms. The first kappa shape index (κ1) is 14.8. The number of anilines is 2. The lowest BCUT2D eigenvalue weighted by molar-refractivity contribution is 1.01. The number of nitrogens with one attached hydrogen (secondary N) is 2. The van der Waals surface area contributed by atoms with Crippen LogP contribution in [0.15, 0.2) is 34.9 Å². The van der Waals surface area contributed by atoms with Crippen LogP contribution >= 0.6 is 15.9 Å². The highest BCUT2D eigenvalue weighted by Gasteiger charge is 2.05. The fraction of sp³-hybridized carbons (Fsp3) is 0.333. The van der Waals surface area contributed by atoms with Crippen LogP contribution in [0, 0.1) is 0 Å². The Morgan fingerprint density at radius 2 is 1.85 bits per heavy atom. The summed E-state index contributed by atoms with van der Waals surface area (Å²) in [5, 5.41) is 6.48. The summed E-state index contributed by atoms with van der Waals surface area (Å²) in [7, 11) is 0. The molecular weight excluding hydrogens is 316 g/mol. The smallest absolute Gasteiger partial charge is 0.224 e. The lowest BCUT2D eigenvalue weighted by Gasteiger charge is -2.11. The number of hydrogen-bond donors (Lipinski definition) is 2. The Morgan fingerprint density at radius 3 is 2.55 bits per heavy atom. The molecule has 2 aromatic rings. The molecule has 1 heterocycles. The summed E-state index contributed by atoms with van der Waals surface area (Å²) in [6.45, 7) is 5.75. The fourth-order valence-corrected chi connectivity index (χ4v) is 2.32. The third-order valence-electron chi connectivity index (χ3n) is 3.02. The topological polar surface area (TPSA) is 49.8 Å². The van der Waals surface area contributed by atoms with Crippen molar-refractivity contribution in [1.29, 1.82) is 0 Å². The van der Waals surface area contributed by atoms with Gasteiger partial charge in [0.05, 0.1) is 4.47 Å². The Balaban J connectivity index is 2.12. The van der Waals surface area contributed by atoms with E-state index in [9.17, 15) is 0 Å². The van der Waals surface area contributed by atoms with Gasteiger partial charge >= 0.3 is 0 Å². The number of nitrogens with zero attached hydrogens (tertiary/aromatic N) is 2. The molecule has 0 amide bonds. The highest BCUT2D eigenvalue weighted by molar-refractivity contribution is 9.10. The summed E-state index contributed by atoms with van der Waals surface area (Å²) in [6.07, 6.45) is 2.80. The van der Waals surface area contributed by atoms with Gasteiger partial charge in [0.25, 0.3) is 0 Å². The van der Waals surface area contributed by atoms with Gasteiger partial charge in [-0.1, -0.05) is 31.2 Å². The lowest BCUT2D eigenvalue weighted by atomic mass is 10.1. The van der Waals surface area contributed by atoms with Gasteiger partial charge in [-0.3, -0.25) is 0 Å². The average molecular weight is 335 g/mol. The molecule has 5 heteroatoms. The fourth-order valence-electron chi connectivity index (χ4n) is 1.99. The highest BCUT2D eigenvalue weighted by Crippen LogP contribution is 2.21. The van der Waals surface area contributed by atoms with E-state index in [-0.39, 0.29) is 0 Å². The van der Waals surface area contributed by atoms with E-state index in [1.54, 1.807) is 6.20 Å². The average Bonchev–Trinajstić information content (AvgIpc) is 2.48. The van der Waals surface area contributed by atoms with Gasteiger partial charge in [-0.2, -0.15) is 4.98 Å². The van der Waals surface area contributed by atoms with Crippen LogP contribution in [0.4, 0.5) is 11.8 Å². The third-order valence-corrected chi connectivity index (χ3v) is 3.60. The van der Waals surface area contributed by atoms with Crippen molar-refractivity contribution < 1.29 is 0 Å². The van der Waals surface area contributed by atoms with E-state index in [0.29, 0.717) is 5.95 Å². The number of rotatable bonds is 6. The Morgan fingerprint density at radius 1 is 1.10 bits per heavy atom. The van der Waals surface area contributed by atoms with Crippen molar-refractivity contribution in [2.75, 3.05) is 17.2 Å². The minimum Gasteiger partial charge on any atom is -0.365 e. The van der Waals surface area contributed by atoms with Gasteiger partial charge in [-0.05, 0) is 40.4 Å². The Kier molecular flexibility index (Phi) is 5.35. The standard InChI is InChI=1S/C15H19BrN4/c1-3-11-7-5-6-8-12(11)9-18-14-13(16)10-19-15(20-14)17-4-2/h5-8,10H,3-4,9H2,1-2H3,(H2,17,18,19,20). The molecule has 0 saturated heterocycles. The molecule has 0 saturated carbocycles. The number of halogens is 1. The Labute approximate surface area is 128 Å². The van der Waals surface area contributed by atoms with Crippen molar-refractivity contribution in [1.82, 2.24) is 9.97 Å². The molecule has 0 atom stereocenters. The van der Waals surface area contributed by atoms with Crippen molar-refractivity contribution in [2.45, 2.75) is 26.8 Å². The van der Waals surface area contributed by atoms with Crippen LogP contribution in [-0.2, 0) is 13.0 Å². The molecule has 1 aromatic carbocycles. The molecule has 0 spiro atoms. The predicted octanol–water partition coefficient (Wildman–Crippen LogP) is 3.85. The van der Waals surface area contributed by atoms with Crippen LogP contribution in [0.2, 0.25) is 0 Å². The monoisotopic (exact) mass is 334 g/mol. The lowest BCUT2D eigenvalue weighted by Crippen LogP contribution is -2.08. The minimum absolute atomic E-state index is 0.641. The quantitative estimate of drug-likeness (QED) is 0.842. The van der Waals surface area contributed by atoms with E-state index in [0.717, 1.165) is 29.8 Å². The molecule has 0 aliphatic rings. The van der Waals surface area contributed by atoms with E-state index >= 15 is 0 Å². The van der Waals surface area contributed by atoms with Crippen molar-refractivity contribution in [3.8, 4) is 0 Å².